The van der Waals surface area contributed by atoms with Gasteiger partial charge in [0.1, 0.15) is 17.1 Å². The molecule has 0 bridgehead atoms. The zero-order valence-electron chi connectivity index (χ0n) is 16.8. The molecule has 11 heteroatoms. The standard InChI is InChI=1S/C21H19BrN4O3.3ClH/c22-13-8-15-12(9-24-21(15)25-10-13)7-18-19(28)14-1-2-17(27)16(20(14)29-18)11-26-5-3-23-4-6-26;;;/h1-2,7-10,23,27H,3-6,11H2,(H,24,25);3*1H. The van der Waals surface area contributed by atoms with Gasteiger partial charge in [-0.1, -0.05) is 0 Å². The molecule has 3 aromatic rings. The van der Waals surface area contributed by atoms with Gasteiger partial charge in [-0.2, -0.15) is 0 Å². The number of nitrogens with one attached hydrogen (secondary N) is 2. The van der Waals surface area contributed by atoms with Gasteiger partial charge in [0.2, 0.25) is 5.78 Å². The van der Waals surface area contributed by atoms with E-state index in [9.17, 15) is 9.90 Å². The van der Waals surface area contributed by atoms with Crippen molar-refractivity contribution >= 4 is 76.0 Å². The number of piperazine rings is 1. The lowest BCUT2D eigenvalue weighted by atomic mass is 10.0. The maximum Gasteiger partial charge on any atom is 0.231 e. The largest absolute Gasteiger partial charge is 0.507 e. The van der Waals surface area contributed by atoms with Gasteiger partial charge in [-0.25, -0.2) is 4.98 Å². The fourth-order valence-corrected chi connectivity index (χ4v) is 4.13. The summed E-state index contributed by atoms with van der Waals surface area (Å²) in [4.78, 5) is 22.6. The van der Waals surface area contributed by atoms with Crippen LogP contribution in [0.2, 0.25) is 0 Å². The van der Waals surface area contributed by atoms with Crippen LogP contribution in [0.5, 0.6) is 11.5 Å². The molecule has 2 aliphatic rings. The number of halogens is 4. The van der Waals surface area contributed by atoms with Gasteiger partial charge in [0.05, 0.1) is 11.1 Å². The molecule has 1 saturated heterocycles. The molecule has 4 heterocycles. The summed E-state index contributed by atoms with van der Waals surface area (Å²) < 4.78 is 6.84. The van der Waals surface area contributed by atoms with Gasteiger partial charge in [-0.05, 0) is 40.2 Å². The minimum absolute atomic E-state index is 0. The number of aromatic amines is 1. The van der Waals surface area contributed by atoms with Gasteiger partial charge in [-0.3, -0.25) is 9.69 Å². The second kappa shape index (κ2) is 10.9. The molecule has 0 radical (unpaired) electrons. The van der Waals surface area contributed by atoms with Crippen molar-refractivity contribution in [3.05, 3.63) is 57.5 Å². The van der Waals surface area contributed by atoms with Crippen molar-refractivity contribution in [2.75, 3.05) is 26.2 Å². The summed E-state index contributed by atoms with van der Waals surface area (Å²) in [7, 11) is 0. The van der Waals surface area contributed by atoms with E-state index in [0.29, 0.717) is 23.4 Å². The molecule has 32 heavy (non-hydrogen) atoms. The van der Waals surface area contributed by atoms with E-state index < -0.39 is 0 Å². The maximum absolute atomic E-state index is 12.9. The molecule has 2 aromatic heterocycles. The predicted octanol–water partition coefficient (Wildman–Crippen LogP) is 4.32. The molecule has 3 N–H and O–H groups in total. The number of ether oxygens (including phenoxy) is 1. The predicted molar refractivity (Wildman–Crippen MR) is 135 cm³/mol. The van der Waals surface area contributed by atoms with Crippen molar-refractivity contribution in [3.8, 4) is 11.5 Å². The number of benzene rings is 1. The van der Waals surface area contributed by atoms with Crippen LogP contribution in [0.15, 0.2) is 40.8 Å². The van der Waals surface area contributed by atoms with Crippen molar-refractivity contribution < 1.29 is 14.6 Å². The first-order valence-corrected chi connectivity index (χ1v) is 10.2. The Morgan fingerprint density at radius 3 is 2.72 bits per heavy atom. The summed E-state index contributed by atoms with van der Waals surface area (Å²) in [6, 6.07) is 5.15. The van der Waals surface area contributed by atoms with Crippen molar-refractivity contribution in [1.29, 1.82) is 0 Å². The number of rotatable bonds is 3. The van der Waals surface area contributed by atoms with Crippen molar-refractivity contribution in [3.63, 3.8) is 0 Å². The number of ketones is 1. The minimum atomic E-state index is -0.182. The first-order chi connectivity index (χ1) is 14.1. The lowest BCUT2D eigenvalue weighted by molar-refractivity contribution is 0.101. The third kappa shape index (κ3) is 4.90. The Kier molecular flexibility index (Phi) is 8.98. The molecule has 172 valence electrons. The third-order valence-electron chi connectivity index (χ3n) is 5.32. The Morgan fingerprint density at radius 2 is 1.97 bits per heavy atom. The highest BCUT2D eigenvalue weighted by atomic mass is 79.9. The number of aromatic hydroxyl groups is 1. The van der Waals surface area contributed by atoms with Crippen LogP contribution in [-0.2, 0) is 6.54 Å². The number of allylic oxidation sites excluding steroid dienone is 1. The van der Waals surface area contributed by atoms with Crippen molar-refractivity contribution in [2.24, 2.45) is 0 Å². The van der Waals surface area contributed by atoms with Crippen LogP contribution in [0.4, 0.5) is 0 Å². The van der Waals surface area contributed by atoms with Crippen LogP contribution in [0.3, 0.4) is 0 Å². The second-order valence-corrected chi connectivity index (χ2v) is 8.12. The van der Waals surface area contributed by atoms with Crippen LogP contribution in [0.25, 0.3) is 17.1 Å². The highest BCUT2D eigenvalue weighted by Gasteiger charge is 2.32. The summed E-state index contributed by atoms with van der Waals surface area (Å²) in [5, 5.41) is 14.6. The van der Waals surface area contributed by atoms with Gasteiger partial charge < -0.3 is 20.1 Å². The molecule has 0 saturated carbocycles. The third-order valence-corrected chi connectivity index (χ3v) is 5.76. The lowest BCUT2D eigenvalue weighted by Gasteiger charge is -2.27. The summed E-state index contributed by atoms with van der Waals surface area (Å²) in [5.41, 5.74) is 2.70. The van der Waals surface area contributed by atoms with Crippen molar-refractivity contribution in [1.82, 2.24) is 20.2 Å². The fourth-order valence-electron chi connectivity index (χ4n) is 3.80. The van der Waals surface area contributed by atoms with Crippen LogP contribution in [0, 0.1) is 0 Å². The van der Waals surface area contributed by atoms with Crippen LogP contribution < -0.4 is 10.1 Å². The zero-order valence-corrected chi connectivity index (χ0v) is 20.8. The van der Waals surface area contributed by atoms with E-state index >= 15 is 0 Å². The molecule has 0 amide bonds. The first kappa shape index (κ1) is 26.4. The van der Waals surface area contributed by atoms with Gasteiger partial charge in [0.15, 0.2) is 5.76 Å². The van der Waals surface area contributed by atoms with E-state index in [1.165, 1.54) is 0 Å². The average molecular weight is 565 g/mol. The van der Waals surface area contributed by atoms with E-state index in [1.54, 1.807) is 30.6 Å². The number of carbonyl (C=O) groups excluding carboxylic acids is 1. The Hall–Kier alpha value is -1.81. The van der Waals surface area contributed by atoms with Crippen LogP contribution in [-0.4, -0.2) is 51.9 Å². The van der Waals surface area contributed by atoms with E-state index in [0.717, 1.165) is 47.2 Å². The lowest BCUT2D eigenvalue weighted by Crippen LogP contribution is -2.42. The van der Waals surface area contributed by atoms with Crippen LogP contribution >= 0.6 is 53.2 Å². The highest BCUT2D eigenvalue weighted by molar-refractivity contribution is 9.10. The molecule has 1 aromatic carbocycles. The number of fused-ring (bicyclic) bond motifs is 2. The number of phenols is 1. The first-order valence-electron chi connectivity index (χ1n) is 9.45. The Balaban J connectivity index is 0.00000121. The topological polar surface area (TPSA) is 90.5 Å². The number of hydrogen-bond acceptors (Lipinski definition) is 6. The molecule has 0 aliphatic carbocycles. The molecule has 0 spiro atoms. The number of pyridine rings is 1. The van der Waals surface area contributed by atoms with E-state index in [1.807, 2.05) is 6.07 Å². The minimum Gasteiger partial charge on any atom is -0.507 e. The van der Waals surface area contributed by atoms with Gasteiger partial charge in [0.25, 0.3) is 0 Å². The average Bonchev–Trinajstić information content (AvgIpc) is 3.26. The number of H-pyrrole nitrogens is 1. The van der Waals surface area contributed by atoms with Gasteiger partial charge in [0, 0.05) is 60.5 Å². The SMILES string of the molecule is Cl.Cl.Cl.O=C1C(=Cc2c[nH]c3ncc(Br)cc23)Oc2c1ccc(O)c2CN1CCNCC1. The zero-order chi connectivity index (χ0) is 20.0. The smallest absolute Gasteiger partial charge is 0.231 e. The highest BCUT2D eigenvalue weighted by Crippen LogP contribution is 2.40. The fraction of sp³-hybridized carbons (Fsp3) is 0.238. The summed E-state index contributed by atoms with van der Waals surface area (Å²) in [6.07, 6.45) is 5.24. The number of Topliss-reactive ketones (excluding diaryl/α,β-unsaturated/α-hetero) is 1. The summed E-state index contributed by atoms with van der Waals surface area (Å²) >= 11 is 3.43. The summed E-state index contributed by atoms with van der Waals surface area (Å²) in [6.45, 7) is 4.13. The van der Waals surface area contributed by atoms with Gasteiger partial charge >= 0.3 is 0 Å². The second-order valence-electron chi connectivity index (χ2n) is 7.20. The van der Waals surface area contributed by atoms with E-state index in [-0.39, 0.29) is 54.5 Å². The maximum atomic E-state index is 12.9. The monoisotopic (exact) mass is 562 g/mol. The number of hydrogen-bond donors (Lipinski definition) is 3. The van der Waals surface area contributed by atoms with Crippen molar-refractivity contribution in [2.45, 2.75) is 6.54 Å². The number of aromatic nitrogens is 2. The molecule has 2 aliphatic heterocycles. The molecule has 7 nitrogen and oxygen atoms in total. The Bertz CT molecular complexity index is 1160. The quantitative estimate of drug-likeness (QED) is 0.411. The number of carbonyl (C=O) groups is 1. The van der Waals surface area contributed by atoms with Crippen LogP contribution in [0.1, 0.15) is 21.5 Å². The number of nitrogens with zero attached hydrogens (tertiary/aromatic N) is 2. The molecular formula is C21H22BrCl3N4O3. The van der Waals surface area contributed by atoms with E-state index in [2.05, 4.69) is 36.1 Å². The molecular weight excluding hydrogens is 543 g/mol. The molecule has 1 fully saturated rings. The van der Waals surface area contributed by atoms with E-state index in [4.69, 9.17) is 4.74 Å². The Morgan fingerprint density at radius 1 is 1.22 bits per heavy atom. The normalized spacial score (nSPS) is 16.7. The molecule has 0 unspecified atom stereocenters. The summed E-state index contributed by atoms with van der Waals surface area (Å²) in [5.74, 6) is 0.669. The molecule has 5 rings (SSSR count). The Labute approximate surface area is 212 Å². The number of phenolic OH excluding ortho intramolecular Hbond substituents is 1. The molecule has 0 atom stereocenters. The van der Waals surface area contributed by atoms with Gasteiger partial charge in [-0.15, -0.1) is 37.2 Å².